The van der Waals surface area contributed by atoms with E-state index in [1.165, 1.54) is 0 Å². The molecule has 1 heterocycles. The van der Waals surface area contributed by atoms with Gasteiger partial charge in [-0.05, 0) is 28.7 Å². The number of benzene rings is 1. The molecule has 0 bridgehead atoms. The van der Waals surface area contributed by atoms with Crippen molar-refractivity contribution in [2.45, 2.75) is 32.2 Å². The zero-order valence-corrected chi connectivity index (χ0v) is 9.31. The van der Waals surface area contributed by atoms with Gasteiger partial charge in [-0.2, -0.15) is 0 Å². The first kappa shape index (κ1) is 12.0. The van der Waals surface area contributed by atoms with Crippen molar-refractivity contribution in [2.75, 3.05) is 0 Å². The molecule has 1 aliphatic rings. The Morgan fingerprint density at radius 1 is 1.24 bits per heavy atom. The summed E-state index contributed by atoms with van der Waals surface area (Å²) in [7, 11) is 0. The number of hydrogen-bond acceptors (Lipinski definition) is 4. The number of fused-ring (bicyclic) bond motifs is 1. The summed E-state index contributed by atoms with van der Waals surface area (Å²) < 4.78 is 0. The predicted octanol–water partition coefficient (Wildman–Crippen LogP) is -0.230. The van der Waals surface area contributed by atoms with Gasteiger partial charge >= 0.3 is 5.97 Å². The molecule has 17 heavy (non-hydrogen) atoms. The molecule has 1 unspecified atom stereocenters. The lowest BCUT2D eigenvalue weighted by molar-refractivity contribution is -0.139. The fourth-order valence-electron chi connectivity index (χ4n) is 2.14. The Labute approximate surface area is 98.7 Å². The first-order chi connectivity index (χ1) is 8.15. The number of carbonyl (C=O) groups is 1. The molecule has 5 nitrogen and oxygen atoms in total. The van der Waals surface area contributed by atoms with E-state index in [4.69, 9.17) is 10.2 Å². The third-order valence-electron chi connectivity index (χ3n) is 3.12. The molecule has 0 aromatic heterocycles. The van der Waals surface area contributed by atoms with Crippen LogP contribution in [-0.4, -0.2) is 27.3 Å². The first-order valence-corrected chi connectivity index (χ1v) is 5.47. The Morgan fingerprint density at radius 3 is 2.35 bits per heavy atom. The molecule has 2 rings (SSSR count). The molecule has 5 heteroatoms. The molecule has 1 atom stereocenters. The number of aliphatic hydroxyl groups is 2. The number of nitrogens with one attached hydrogen (secondary N) is 1. The second kappa shape index (κ2) is 4.83. The zero-order valence-electron chi connectivity index (χ0n) is 9.31. The van der Waals surface area contributed by atoms with Crippen molar-refractivity contribution < 1.29 is 20.1 Å². The number of carboxylic acid groups (broad SMARTS) is 1. The van der Waals surface area contributed by atoms with Gasteiger partial charge in [0.15, 0.2) is 0 Å². The maximum atomic E-state index is 10.9. The smallest absolute Gasteiger partial charge is 0.321 e. The van der Waals surface area contributed by atoms with Gasteiger partial charge in [0, 0.05) is 6.54 Å². The van der Waals surface area contributed by atoms with Gasteiger partial charge in [0.2, 0.25) is 0 Å². The number of aliphatic hydroxyl groups excluding tert-OH is 2. The van der Waals surface area contributed by atoms with Crippen LogP contribution in [0.25, 0.3) is 0 Å². The molecule has 0 saturated carbocycles. The SMILES string of the molecule is O=C(O)C1Cc2cc(CO)c(CO)cc2CN1. The number of aliphatic carboxylic acids is 1. The van der Waals surface area contributed by atoms with Crippen molar-refractivity contribution in [1.82, 2.24) is 5.32 Å². The highest BCUT2D eigenvalue weighted by Crippen LogP contribution is 2.22. The summed E-state index contributed by atoms with van der Waals surface area (Å²) in [6.07, 6.45) is 0.406. The van der Waals surface area contributed by atoms with Crippen molar-refractivity contribution in [3.8, 4) is 0 Å². The maximum absolute atomic E-state index is 10.9. The predicted molar refractivity (Wildman–Crippen MR) is 60.3 cm³/mol. The molecule has 0 saturated heterocycles. The van der Waals surface area contributed by atoms with E-state index in [0.29, 0.717) is 24.1 Å². The fraction of sp³-hybridized carbons (Fsp3) is 0.417. The van der Waals surface area contributed by atoms with Crippen molar-refractivity contribution in [3.05, 3.63) is 34.4 Å². The van der Waals surface area contributed by atoms with E-state index >= 15 is 0 Å². The normalized spacial score (nSPS) is 18.8. The van der Waals surface area contributed by atoms with Crippen LogP contribution in [0.4, 0.5) is 0 Å². The summed E-state index contributed by atoms with van der Waals surface area (Å²) in [5, 5.41) is 30.2. The minimum absolute atomic E-state index is 0.120. The Balaban J connectivity index is 2.35. The Hall–Kier alpha value is -1.43. The maximum Gasteiger partial charge on any atom is 0.321 e. The van der Waals surface area contributed by atoms with Crippen LogP contribution in [-0.2, 0) is 31.0 Å². The molecule has 4 N–H and O–H groups in total. The number of carboxylic acids is 1. The van der Waals surface area contributed by atoms with Gasteiger partial charge < -0.3 is 20.6 Å². The van der Waals surface area contributed by atoms with Crippen LogP contribution in [0.3, 0.4) is 0 Å². The Morgan fingerprint density at radius 2 is 1.82 bits per heavy atom. The van der Waals surface area contributed by atoms with E-state index in [-0.39, 0.29) is 13.2 Å². The van der Waals surface area contributed by atoms with Crippen molar-refractivity contribution in [2.24, 2.45) is 0 Å². The topological polar surface area (TPSA) is 89.8 Å². The zero-order chi connectivity index (χ0) is 12.4. The highest BCUT2D eigenvalue weighted by atomic mass is 16.4. The summed E-state index contributed by atoms with van der Waals surface area (Å²) in [6.45, 7) is 0.213. The van der Waals surface area contributed by atoms with Gasteiger partial charge in [0.1, 0.15) is 6.04 Å². The Bertz CT molecular complexity index is 444. The van der Waals surface area contributed by atoms with E-state index in [1.54, 1.807) is 6.07 Å². The number of rotatable bonds is 3. The average Bonchev–Trinajstić information content (AvgIpc) is 2.36. The molecular weight excluding hydrogens is 222 g/mol. The molecule has 0 spiro atoms. The van der Waals surface area contributed by atoms with Gasteiger partial charge in [-0.1, -0.05) is 12.1 Å². The van der Waals surface area contributed by atoms with Crippen LogP contribution in [0.2, 0.25) is 0 Å². The van der Waals surface area contributed by atoms with Crippen LogP contribution >= 0.6 is 0 Å². The van der Waals surface area contributed by atoms with Crippen LogP contribution in [0, 0.1) is 0 Å². The van der Waals surface area contributed by atoms with Gasteiger partial charge in [0.05, 0.1) is 13.2 Å². The lowest BCUT2D eigenvalue weighted by Gasteiger charge is -2.24. The number of hydrogen-bond donors (Lipinski definition) is 4. The summed E-state index contributed by atoms with van der Waals surface area (Å²) in [5.41, 5.74) is 3.28. The summed E-state index contributed by atoms with van der Waals surface area (Å²) >= 11 is 0. The van der Waals surface area contributed by atoms with Crippen LogP contribution in [0.1, 0.15) is 22.3 Å². The summed E-state index contributed by atoms with van der Waals surface area (Å²) in [5.74, 6) is -0.868. The monoisotopic (exact) mass is 237 g/mol. The lowest BCUT2D eigenvalue weighted by Crippen LogP contribution is -2.41. The first-order valence-electron chi connectivity index (χ1n) is 5.47. The van der Waals surface area contributed by atoms with Crippen molar-refractivity contribution in [3.63, 3.8) is 0 Å². The highest BCUT2D eigenvalue weighted by molar-refractivity contribution is 5.74. The second-order valence-electron chi connectivity index (χ2n) is 4.18. The van der Waals surface area contributed by atoms with E-state index < -0.39 is 12.0 Å². The quantitative estimate of drug-likeness (QED) is 0.583. The molecule has 1 aromatic rings. The van der Waals surface area contributed by atoms with Gasteiger partial charge in [0.25, 0.3) is 0 Å². The van der Waals surface area contributed by atoms with Crippen LogP contribution in [0.5, 0.6) is 0 Å². The van der Waals surface area contributed by atoms with E-state index in [0.717, 1.165) is 11.1 Å². The Kier molecular flexibility index (Phi) is 3.42. The van der Waals surface area contributed by atoms with E-state index in [9.17, 15) is 9.90 Å². The minimum atomic E-state index is -0.868. The molecule has 0 fully saturated rings. The second-order valence-corrected chi connectivity index (χ2v) is 4.18. The molecule has 0 amide bonds. The third kappa shape index (κ3) is 2.31. The fourth-order valence-corrected chi connectivity index (χ4v) is 2.14. The van der Waals surface area contributed by atoms with Crippen molar-refractivity contribution >= 4 is 5.97 Å². The average molecular weight is 237 g/mol. The third-order valence-corrected chi connectivity index (χ3v) is 3.12. The van der Waals surface area contributed by atoms with Crippen molar-refractivity contribution in [1.29, 1.82) is 0 Å². The summed E-state index contributed by atoms with van der Waals surface area (Å²) in [4.78, 5) is 10.9. The molecule has 1 aliphatic heterocycles. The van der Waals surface area contributed by atoms with Gasteiger partial charge in [-0.3, -0.25) is 4.79 Å². The van der Waals surface area contributed by atoms with E-state index in [2.05, 4.69) is 5.32 Å². The molecule has 0 aliphatic carbocycles. The van der Waals surface area contributed by atoms with Gasteiger partial charge in [-0.15, -0.1) is 0 Å². The molecule has 92 valence electrons. The standard InChI is InChI=1S/C12H15NO4/c14-5-9-1-7-3-11(12(16)17)13-4-8(7)2-10(9)6-15/h1-2,11,13-15H,3-6H2,(H,16,17). The largest absolute Gasteiger partial charge is 0.480 e. The van der Waals surface area contributed by atoms with Crippen LogP contribution < -0.4 is 5.32 Å². The molecule has 1 aromatic carbocycles. The molecule has 0 radical (unpaired) electrons. The van der Waals surface area contributed by atoms with Crippen LogP contribution in [0.15, 0.2) is 12.1 Å². The van der Waals surface area contributed by atoms with E-state index in [1.807, 2.05) is 6.07 Å². The summed E-state index contributed by atoms with van der Waals surface area (Å²) in [6, 6.07) is 3.04. The lowest BCUT2D eigenvalue weighted by atomic mass is 9.91. The van der Waals surface area contributed by atoms with Gasteiger partial charge in [-0.25, -0.2) is 0 Å². The highest BCUT2D eigenvalue weighted by Gasteiger charge is 2.24. The molecular formula is C12H15NO4. The minimum Gasteiger partial charge on any atom is -0.480 e.